The zero-order chi connectivity index (χ0) is 17.2. The van der Waals surface area contributed by atoms with Gasteiger partial charge in [-0.05, 0) is 37.1 Å². The summed E-state index contributed by atoms with van der Waals surface area (Å²) in [6.07, 6.45) is 6.57. The molecule has 1 fully saturated rings. The Hall–Kier alpha value is -2.66. The van der Waals surface area contributed by atoms with Crippen LogP contribution in [-0.4, -0.2) is 28.1 Å². The first-order valence-corrected chi connectivity index (χ1v) is 8.64. The van der Waals surface area contributed by atoms with Crippen LogP contribution in [0.2, 0.25) is 0 Å². The van der Waals surface area contributed by atoms with Gasteiger partial charge < -0.3 is 14.8 Å². The second kappa shape index (κ2) is 6.69. The topological polar surface area (TPSA) is 75.4 Å². The molecule has 5 heteroatoms. The number of nitrogens with zero attached hydrogens (tertiary/aromatic N) is 1. The van der Waals surface area contributed by atoms with E-state index in [-0.39, 0.29) is 11.9 Å². The molecule has 2 atom stereocenters. The lowest BCUT2D eigenvalue weighted by molar-refractivity contribution is 0.0717. The van der Waals surface area contributed by atoms with Gasteiger partial charge in [0.05, 0.1) is 24.1 Å². The van der Waals surface area contributed by atoms with Crippen LogP contribution < -0.4 is 5.32 Å². The Kier molecular flexibility index (Phi) is 4.24. The molecule has 128 valence electrons. The number of hydrogen-bond acceptors (Lipinski definition) is 4. The van der Waals surface area contributed by atoms with Gasteiger partial charge in [-0.1, -0.05) is 25.0 Å². The lowest BCUT2D eigenvalue weighted by Gasteiger charge is -2.28. The van der Waals surface area contributed by atoms with Gasteiger partial charge in [0.25, 0.3) is 5.91 Å². The molecule has 1 saturated carbocycles. The average Bonchev–Trinajstić information content (AvgIpc) is 3.12. The van der Waals surface area contributed by atoms with Gasteiger partial charge in [-0.15, -0.1) is 0 Å². The predicted octanol–water partition coefficient (Wildman–Crippen LogP) is 3.53. The number of carbonyl (C=O) groups is 1. The first-order valence-electron chi connectivity index (χ1n) is 8.64. The van der Waals surface area contributed by atoms with E-state index in [1.165, 1.54) is 0 Å². The number of benzene rings is 1. The van der Waals surface area contributed by atoms with E-state index < -0.39 is 6.10 Å². The monoisotopic (exact) mass is 336 g/mol. The highest BCUT2D eigenvalue weighted by atomic mass is 16.3. The quantitative estimate of drug-likeness (QED) is 0.767. The van der Waals surface area contributed by atoms with E-state index in [4.69, 9.17) is 4.42 Å². The normalized spacial score (nSPS) is 20.5. The third kappa shape index (κ3) is 3.15. The maximum absolute atomic E-state index is 12.4. The highest BCUT2D eigenvalue weighted by Crippen LogP contribution is 2.27. The molecule has 1 amide bonds. The largest absolute Gasteiger partial charge is 0.464 e. The van der Waals surface area contributed by atoms with Gasteiger partial charge in [-0.3, -0.25) is 9.78 Å². The van der Waals surface area contributed by atoms with Crippen molar-refractivity contribution in [3.8, 4) is 11.3 Å². The molecule has 1 aliphatic carbocycles. The molecule has 4 rings (SSSR count). The maximum atomic E-state index is 12.4. The predicted molar refractivity (Wildman–Crippen MR) is 95.2 cm³/mol. The minimum atomic E-state index is -0.445. The van der Waals surface area contributed by atoms with Crippen molar-refractivity contribution in [2.75, 3.05) is 0 Å². The van der Waals surface area contributed by atoms with Crippen LogP contribution in [0.1, 0.15) is 36.0 Å². The summed E-state index contributed by atoms with van der Waals surface area (Å²) in [5.74, 6) is -0.146. The van der Waals surface area contributed by atoms with Gasteiger partial charge in [0.15, 0.2) is 0 Å². The first-order chi connectivity index (χ1) is 12.2. The van der Waals surface area contributed by atoms with Crippen molar-refractivity contribution in [3.63, 3.8) is 0 Å². The summed E-state index contributed by atoms with van der Waals surface area (Å²) in [6, 6.07) is 10.9. The fraction of sp³-hybridized carbons (Fsp3) is 0.300. The molecule has 25 heavy (non-hydrogen) atoms. The molecular weight excluding hydrogens is 316 g/mol. The van der Waals surface area contributed by atoms with E-state index in [9.17, 15) is 9.90 Å². The van der Waals surface area contributed by atoms with Crippen molar-refractivity contribution in [1.82, 2.24) is 10.3 Å². The standard InChI is InChI=1S/C20H20N2O3/c23-17-4-2-1-3-16(17)22-20(24)14-7-5-13(6-8-14)19-15-10-12-25-18(15)9-11-21-19/h5-12,16-17,23H,1-4H2,(H,22,24)/t16-,17-/m0/s1. The Morgan fingerprint density at radius 3 is 2.72 bits per heavy atom. The molecule has 0 bridgehead atoms. The Morgan fingerprint density at radius 1 is 1.12 bits per heavy atom. The number of aliphatic hydroxyl groups excluding tert-OH is 1. The lowest BCUT2D eigenvalue weighted by atomic mass is 9.92. The van der Waals surface area contributed by atoms with Crippen molar-refractivity contribution in [2.45, 2.75) is 37.8 Å². The molecular formula is C20H20N2O3. The van der Waals surface area contributed by atoms with Gasteiger partial charge in [-0.25, -0.2) is 0 Å². The van der Waals surface area contributed by atoms with Crippen molar-refractivity contribution in [2.24, 2.45) is 0 Å². The van der Waals surface area contributed by atoms with E-state index in [2.05, 4.69) is 10.3 Å². The van der Waals surface area contributed by atoms with Crippen LogP contribution in [0, 0.1) is 0 Å². The molecule has 2 aromatic heterocycles. The molecule has 0 radical (unpaired) electrons. The molecule has 1 aliphatic rings. The van der Waals surface area contributed by atoms with Gasteiger partial charge in [-0.2, -0.15) is 0 Å². The minimum Gasteiger partial charge on any atom is -0.464 e. The van der Waals surface area contributed by atoms with E-state index in [0.29, 0.717) is 5.56 Å². The minimum absolute atomic E-state index is 0.146. The van der Waals surface area contributed by atoms with Gasteiger partial charge in [0.1, 0.15) is 5.58 Å². The summed E-state index contributed by atoms with van der Waals surface area (Å²) in [5, 5.41) is 13.9. The van der Waals surface area contributed by atoms with Crippen molar-refractivity contribution in [1.29, 1.82) is 0 Å². The number of aliphatic hydroxyl groups is 1. The molecule has 2 heterocycles. The number of hydrogen-bond donors (Lipinski definition) is 2. The number of furan rings is 1. The number of pyridine rings is 1. The molecule has 1 aromatic carbocycles. The molecule has 0 spiro atoms. The van der Waals surface area contributed by atoms with Crippen LogP contribution in [0.5, 0.6) is 0 Å². The third-order valence-corrected chi connectivity index (χ3v) is 4.85. The second-order valence-corrected chi connectivity index (χ2v) is 6.50. The molecule has 0 aliphatic heterocycles. The Morgan fingerprint density at radius 2 is 1.92 bits per heavy atom. The van der Waals surface area contributed by atoms with Crippen molar-refractivity contribution in [3.05, 3.63) is 54.4 Å². The number of nitrogens with one attached hydrogen (secondary N) is 1. The zero-order valence-corrected chi connectivity index (χ0v) is 13.8. The third-order valence-electron chi connectivity index (χ3n) is 4.85. The summed E-state index contributed by atoms with van der Waals surface area (Å²) >= 11 is 0. The van der Waals surface area contributed by atoms with E-state index in [0.717, 1.165) is 47.9 Å². The van der Waals surface area contributed by atoms with Crippen LogP contribution in [-0.2, 0) is 0 Å². The zero-order valence-electron chi connectivity index (χ0n) is 13.8. The summed E-state index contributed by atoms with van der Waals surface area (Å²) in [4.78, 5) is 16.9. The van der Waals surface area contributed by atoms with Crippen LogP contribution >= 0.6 is 0 Å². The summed E-state index contributed by atoms with van der Waals surface area (Å²) in [7, 11) is 0. The highest BCUT2D eigenvalue weighted by Gasteiger charge is 2.24. The fourth-order valence-corrected chi connectivity index (χ4v) is 3.44. The number of carbonyl (C=O) groups excluding carboxylic acids is 1. The van der Waals surface area contributed by atoms with Crippen LogP contribution in [0.15, 0.2) is 53.3 Å². The van der Waals surface area contributed by atoms with Gasteiger partial charge in [0.2, 0.25) is 0 Å². The SMILES string of the molecule is O=C(N[C@H]1CCCC[C@@H]1O)c1ccc(-c2nccc3occc23)cc1. The number of rotatable bonds is 3. The van der Waals surface area contributed by atoms with Gasteiger partial charge in [0, 0.05) is 22.7 Å². The fourth-order valence-electron chi connectivity index (χ4n) is 3.44. The van der Waals surface area contributed by atoms with Crippen molar-refractivity contribution >= 4 is 16.9 Å². The van der Waals surface area contributed by atoms with E-state index in [1.807, 2.05) is 24.3 Å². The van der Waals surface area contributed by atoms with Crippen molar-refractivity contribution < 1.29 is 14.3 Å². The van der Waals surface area contributed by atoms with Crippen LogP contribution in [0.3, 0.4) is 0 Å². The van der Waals surface area contributed by atoms with Gasteiger partial charge >= 0.3 is 0 Å². The summed E-state index contributed by atoms with van der Waals surface area (Å²) < 4.78 is 5.41. The Labute approximate surface area is 145 Å². The summed E-state index contributed by atoms with van der Waals surface area (Å²) in [5.41, 5.74) is 3.14. The average molecular weight is 336 g/mol. The van der Waals surface area contributed by atoms with E-state index in [1.54, 1.807) is 24.6 Å². The molecule has 2 N–H and O–H groups in total. The maximum Gasteiger partial charge on any atom is 0.251 e. The molecule has 0 saturated heterocycles. The smallest absolute Gasteiger partial charge is 0.251 e. The molecule has 3 aromatic rings. The summed E-state index contributed by atoms with van der Waals surface area (Å²) in [6.45, 7) is 0. The number of fused-ring (bicyclic) bond motifs is 1. The second-order valence-electron chi connectivity index (χ2n) is 6.50. The molecule has 5 nitrogen and oxygen atoms in total. The number of amides is 1. The number of aromatic nitrogens is 1. The lowest BCUT2D eigenvalue weighted by Crippen LogP contribution is -2.45. The Bertz CT molecular complexity index is 885. The Balaban J connectivity index is 1.53. The van der Waals surface area contributed by atoms with Crippen LogP contribution in [0.4, 0.5) is 0 Å². The van der Waals surface area contributed by atoms with E-state index >= 15 is 0 Å². The first kappa shape index (κ1) is 15.8. The highest BCUT2D eigenvalue weighted by molar-refractivity contribution is 5.96. The molecule has 0 unspecified atom stereocenters. The van der Waals surface area contributed by atoms with Crippen LogP contribution in [0.25, 0.3) is 22.2 Å².